The fraction of sp³-hybridized carbons (Fsp3) is 0.385. The molecule has 1 aromatic heterocycles. The van der Waals surface area contributed by atoms with E-state index in [1.807, 2.05) is 12.1 Å². The molecule has 0 saturated heterocycles. The van der Waals surface area contributed by atoms with Crippen LogP contribution in [0.3, 0.4) is 0 Å². The third kappa shape index (κ3) is 5.31. The van der Waals surface area contributed by atoms with Gasteiger partial charge in [0.2, 0.25) is 0 Å². The number of esters is 1. The molecule has 1 saturated carbocycles. The van der Waals surface area contributed by atoms with Gasteiger partial charge < -0.3 is 15.4 Å². The highest BCUT2D eigenvalue weighted by Gasteiger charge is 2.53. The Labute approximate surface area is 228 Å². The second kappa shape index (κ2) is 11.3. The first-order valence-electron chi connectivity index (χ1n) is 11.8. The zero-order valence-electron chi connectivity index (χ0n) is 19.7. The standard InChI is InChI=1S/C26H26BrCl2N3O4/c1-2-36-25(35)19(32-22-21(27)23(33)26(22)10-4-3-5-11-26)12-15-6-8-16(9-7-15)31-24(34)20-17(28)13-30-14-18(20)29/h6-9,13-14,19,32H,2-5,10-12H2,1H3,(H,31,34). The Hall–Kier alpha value is -2.42. The number of hydrogen-bond acceptors (Lipinski definition) is 6. The first-order valence-corrected chi connectivity index (χ1v) is 13.4. The summed E-state index contributed by atoms with van der Waals surface area (Å²) in [5.41, 5.74) is 1.84. The minimum absolute atomic E-state index is 0.113. The average molecular weight is 595 g/mol. The smallest absolute Gasteiger partial charge is 0.328 e. The summed E-state index contributed by atoms with van der Waals surface area (Å²) in [6, 6.07) is 6.47. The van der Waals surface area contributed by atoms with Gasteiger partial charge in [-0.3, -0.25) is 14.6 Å². The molecule has 1 unspecified atom stereocenters. The van der Waals surface area contributed by atoms with Crippen LogP contribution in [-0.2, 0) is 20.7 Å². The molecule has 1 amide bonds. The van der Waals surface area contributed by atoms with E-state index >= 15 is 0 Å². The van der Waals surface area contributed by atoms with Crippen molar-refractivity contribution in [1.29, 1.82) is 0 Å². The molecule has 2 aliphatic carbocycles. The lowest BCUT2D eigenvalue weighted by Crippen LogP contribution is -2.53. The van der Waals surface area contributed by atoms with E-state index < -0.39 is 17.4 Å². The Morgan fingerprint density at radius 2 is 1.75 bits per heavy atom. The third-order valence-corrected chi connectivity index (χ3v) is 7.99. The number of benzene rings is 1. The summed E-state index contributed by atoms with van der Waals surface area (Å²) < 4.78 is 5.84. The number of carbonyl (C=O) groups excluding carboxylic acids is 3. The maximum Gasteiger partial charge on any atom is 0.328 e. The van der Waals surface area contributed by atoms with Crippen molar-refractivity contribution in [2.45, 2.75) is 51.5 Å². The largest absolute Gasteiger partial charge is 0.464 e. The maximum atomic E-state index is 12.8. The van der Waals surface area contributed by atoms with Crippen molar-refractivity contribution in [1.82, 2.24) is 10.3 Å². The number of allylic oxidation sites excluding steroid dienone is 2. The lowest BCUT2D eigenvalue weighted by molar-refractivity contribution is -0.146. The van der Waals surface area contributed by atoms with Crippen molar-refractivity contribution >= 4 is 62.5 Å². The van der Waals surface area contributed by atoms with Gasteiger partial charge in [-0.25, -0.2) is 4.79 Å². The van der Waals surface area contributed by atoms with Crippen molar-refractivity contribution in [3.8, 4) is 0 Å². The van der Waals surface area contributed by atoms with Crippen molar-refractivity contribution in [2.24, 2.45) is 5.41 Å². The summed E-state index contributed by atoms with van der Waals surface area (Å²) in [6.07, 6.45) is 7.74. The molecule has 7 nitrogen and oxygen atoms in total. The second-order valence-corrected chi connectivity index (χ2v) is 10.6. The first kappa shape index (κ1) is 26.6. The third-order valence-electron chi connectivity index (χ3n) is 6.66. The summed E-state index contributed by atoms with van der Waals surface area (Å²) in [4.78, 5) is 42.0. The Morgan fingerprint density at radius 3 is 2.36 bits per heavy atom. The SMILES string of the molecule is CCOC(=O)C(Cc1ccc(NC(=O)c2c(Cl)cncc2Cl)cc1)NC1=C(Br)C(=O)C12CCCCC2. The zero-order chi connectivity index (χ0) is 25.9. The number of ether oxygens (including phenoxy) is 1. The monoisotopic (exact) mass is 593 g/mol. The van der Waals surface area contributed by atoms with E-state index in [1.54, 1.807) is 19.1 Å². The summed E-state index contributed by atoms with van der Waals surface area (Å²) in [5, 5.41) is 6.43. The highest BCUT2D eigenvalue weighted by atomic mass is 79.9. The van der Waals surface area contributed by atoms with Gasteiger partial charge in [0.15, 0.2) is 5.78 Å². The van der Waals surface area contributed by atoms with E-state index in [0.29, 0.717) is 16.6 Å². The number of rotatable bonds is 8. The zero-order valence-corrected chi connectivity index (χ0v) is 22.8. The molecule has 1 atom stereocenters. The Balaban J connectivity index is 1.48. The van der Waals surface area contributed by atoms with Gasteiger partial charge in [-0.1, -0.05) is 54.6 Å². The second-order valence-electron chi connectivity index (χ2n) is 8.94. The maximum absolute atomic E-state index is 12.8. The molecule has 36 heavy (non-hydrogen) atoms. The van der Waals surface area contributed by atoms with Crippen LogP contribution in [0.4, 0.5) is 5.69 Å². The number of halogens is 3. The number of nitrogens with one attached hydrogen (secondary N) is 2. The number of aromatic nitrogens is 1. The van der Waals surface area contributed by atoms with Gasteiger partial charge in [-0.05, 0) is 53.4 Å². The number of ketones is 1. The molecular weight excluding hydrogens is 569 g/mol. The van der Waals surface area contributed by atoms with Crippen LogP contribution >= 0.6 is 39.1 Å². The molecule has 2 aliphatic rings. The van der Waals surface area contributed by atoms with Crippen LogP contribution in [0.1, 0.15) is 54.9 Å². The van der Waals surface area contributed by atoms with Crippen molar-refractivity contribution in [3.05, 3.63) is 68.0 Å². The minimum Gasteiger partial charge on any atom is -0.464 e. The number of pyridine rings is 1. The van der Waals surface area contributed by atoms with Gasteiger partial charge >= 0.3 is 5.97 Å². The van der Waals surface area contributed by atoms with Gasteiger partial charge in [-0.2, -0.15) is 0 Å². The fourth-order valence-electron chi connectivity index (χ4n) is 4.81. The van der Waals surface area contributed by atoms with Crippen LogP contribution < -0.4 is 10.6 Å². The summed E-state index contributed by atoms with van der Waals surface area (Å²) in [6.45, 7) is 2.02. The minimum atomic E-state index is -0.658. The van der Waals surface area contributed by atoms with E-state index in [1.165, 1.54) is 12.4 Å². The number of amides is 1. The van der Waals surface area contributed by atoms with Gasteiger partial charge in [0, 0.05) is 30.2 Å². The molecule has 1 fully saturated rings. The van der Waals surface area contributed by atoms with Crippen LogP contribution in [0, 0.1) is 5.41 Å². The van der Waals surface area contributed by atoms with Crippen LogP contribution in [0.25, 0.3) is 0 Å². The van der Waals surface area contributed by atoms with Crippen molar-refractivity contribution in [3.63, 3.8) is 0 Å². The van der Waals surface area contributed by atoms with Crippen molar-refractivity contribution < 1.29 is 19.1 Å². The normalized spacial score (nSPS) is 17.4. The van der Waals surface area contributed by atoms with Gasteiger partial charge in [-0.15, -0.1) is 0 Å². The summed E-state index contributed by atoms with van der Waals surface area (Å²) in [5.74, 6) is -0.716. The highest BCUT2D eigenvalue weighted by molar-refractivity contribution is 9.12. The topological polar surface area (TPSA) is 97.4 Å². The van der Waals surface area contributed by atoms with Gasteiger partial charge in [0.25, 0.3) is 5.91 Å². The quantitative estimate of drug-likeness (QED) is 0.372. The number of Topliss-reactive ketones (excluding diaryl/α,β-unsaturated/α-hetero) is 1. The molecule has 10 heteroatoms. The Kier molecular flexibility index (Phi) is 8.37. The molecule has 0 radical (unpaired) electrons. The fourth-order valence-corrected chi connectivity index (χ4v) is 6.22. The van der Waals surface area contributed by atoms with Crippen LogP contribution in [0.15, 0.2) is 46.8 Å². The average Bonchev–Trinajstić information content (AvgIpc) is 2.87. The van der Waals surface area contributed by atoms with E-state index in [0.717, 1.165) is 43.4 Å². The molecule has 2 aromatic rings. The van der Waals surface area contributed by atoms with Crippen LogP contribution in [0.2, 0.25) is 10.0 Å². The molecule has 1 aromatic carbocycles. The number of carbonyl (C=O) groups is 3. The Bertz CT molecular complexity index is 1190. The van der Waals surface area contributed by atoms with E-state index in [4.69, 9.17) is 27.9 Å². The summed E-state index contributed by atoms with van der Waals surface area (Å²) in [7, 11) is 0. The van der Waals surface area contributed by atoms with Gasteiger partial charge in [0.05, 0.1) is 32.1 Å². The predicted octanol–water partition coefficient (Wildman–Crippen LogP) is 5.84. The lowest BCUT2D eigenvalue weighted by atomic mass is 9.62. The van der Waals surface area contributed by atoms with E-state index in [-0.39, 0.29) is 34.0 Å². The number of anilines is 1. The van der Waals surface area contributed by atoms with Crippen LogP contribution in [0.5, 0.6) is 0 Å². The number of hydrogen-bond donors (Lipinski definition) is 2. The molecule has 4 rings (SSSR count). The van der Waals surface area contributed by atoms with Crippen LogP contribution in [-0.4, -0.2) is 35.3 Å². The molecular formula is C26H26BrCl2N3O4. The van der Waals surface area contributed by atoms with E-state index in [9.17, 15) is 14.4 Å². The van der Waals surface area contributed by atoms with Crippen molar-refractivity contribution in [2.75, 3.05) is 11.9 Å². The Morgan fingerprint density at radius 1 is 1.11 bits per heavy atom. The molecule has 0 bridgehead atoms. The van der Waals surface area contributed by atoms with E-state index in [2.05, 4.69) is 31.5 Å². The lowest BCUT2D eigenvalue weighted by Gasteiger charge is -2.46. The van der Waals surface area contributed by atoms with Gasteiger partial charge in [0.1, 0.15) is 6.04 Å². The first-order chi connectivity index (χ1) is 17.3. The molecule has 1 heterocycles. The summed E-state index contributed by atoms with van der Waals surface area (Å²) >= 11 is 15.6. The molecule has 0 aliphatic heterocycles. The number of nitrogens with zero attached hydrogens (tertiary/aromatic N) is 1. The highest BCUT2D eigenvalue weighted by Crippen LogP contribution is 2.53. The molecule has 1 spiro atoms. The predicted molar refractivity (Wildman–Crippen MR) is 142 cm³/mol. The molecule has 190 valence electrons. The molecule has 2 N–H and O–H groups in total.